The molecule has 1 unspecified atom stereocenters. The largest absolute Gasteiger partial charge is 0.382 e. The van der Waals surface area contributed by atoms with Crippen LogP contribution in [0, 0.1) is 13.8 Å². The summed E-state index contributed by atoms with van der Waals surface area (Å²) >= 11 is 3.44. The number of anilines is 1. The van der Waals surface area contributed by atoms with Gasteiger partial charge in [-0.1, -0.05) is 39.3 Å². The van der Waals surface area contributed by atoms with Gasteiger partial charge in [0.25, 0.3) is 5.91 Å². The van der Waals surface area contributed by atoms with E-state index in [-0.39, 0.29) is 5.91 Å². The molecule has 118 valence electrons. The van der Waals surface area contributed by atoms with Crippen LogP contribution in [-0.4, -0.2) is 17.7 Å². The van der Waals surface area contributed by atoms with Crippen LogP contribution in [0.1, 0.15) is 23.1 Å². The Bertz CT molecular complexity index is 766. The van der Waals surface area contributed by atoms with Crippen LogP contribution in [0.2, 0.25) is 0 Å². The fourth-order valence-electron chi connectivity index (χ4n) is 2.63. The normalized spacial score (nSPS) is 16.7. The lowest BCUT2D eigenvalue weighted by atomic mass is 10.0. The van der Waals surface area contributed by atoms with E-state index in [1.54, 1.807) is 0 Å². The molecule has 0 saturated carbocycles. The number of carbonyl (C=O) groups is 1. The third kappa shape index (κ3) is 3.79. The minimum Gasteiger partial charge on any atom is -0.382 e. The van der Waals surface area contributed by atoms with Gasteiger partial charge in [0.15, 0.2) is 0 Å². The third-order valence-electron chi connectivity index (χ3n) is 3.61. The number of benzene rings is 2. The molecule has 0 spiro atoms. The Balaban J connectivity index is 1.67. The Labute approximate surface area is 143 Å². The van der Waals surface area contributed by atoms with Gasteiger partial charge in [-0.15, -0.1) is 0 Å². The molecule has 1 atom stereocenters. The summed E-state index contributed by atoms with van der Waals surface area (Å²) in [5.41, 5.74) is 4.75. The predicted molar refractivity (Wildman–Crippen MR) is 94.7 cm³/mol. The second kappa shape index (κ2) is 6.54. The van der Waals surface area contributed by atoms with Crippen molar-refractivity contribution >= 4 is 33.2 Å². The van der Waals surface area contributed by atoms with Gasteiger partial charge in [-0.3, -0.25) is 4.79 Å². The van der Waals surface area contributed by atoms with Crippen molar-refractivity contribution in [1.29, 1.82) is 0 Å². The Morgan fingerprint density at radius 1 is 1.22 bits per heavy atom. The average Bonchev–Trinajstić information content (AvgIpc) is 2.96. The summed E-state index contributed by atoms with van der Waals surface area (Å²) < 4.78 is 0.973. The number of rotatable bonds is 3. The lowest BCUT2D eigenvalue weighted by molar-refractivity contribution is -0.125. The maximum absolute atomic E-state index is 12.4. The molecule has 0 aliphatic carbocycles. The summed E-state index contributed by atoms with van der Waals surface area (Å²) in [4.78, 5) is 17.7. The van der Waals surface area contributed by atoms with Crippen molar-refractivity contribution < 1.29 is 9.63 Å². The van der Waals surface area contributed by atoms with E-state index in [1.165, 1.54) is 0 Å². The first kappa shape index (κ1) is 15.7. The third-order valence-corrected chi connectivity index (χ3v) is 4.10. The van der Waals surface area contributed by atoms with Gasteiger partial charge >= 0.3 is 0 Å². The Morgan fingerprint density at radius 2 is 1.96 bits per heavy atom. The molecule has 1 N–H and O–H groups in total. The fraction of sp³-hybridized carbons (Fsp3) is 0.222. The minimum atomic E-state index is -0.593. The summed E-state index contributed by atoms with van der Waals surface area (Å²) in [7, 11) is 0. The Kier molecular flexibility index (Phi) is 4.48. The number of amides is 1. The van der Waals surface area contributed by atoms with E-state index in [9.17, 15) is 4.79 Å². The highest BCUT2D eigenvalue weighted by Crippen LogP contribution is 2.21. The van der Waals surface area contributed by atoms with E-state index in [0.717, 1.165) is 32.6 Å². The van der Waals surface area contributed by atoms with Crippen LogP contribution in [0.5, 0.6) is 0 Å². The van der Waals surface area contributed by atoms with Gasteiger partial charge < -0.3 is 10.2 Å². The first-order valence-corrected chi connectivity index (χ1v) is 8.18. The first-order chi connectivity index (χ1) is 11.0. The molecule has 3 rings (SSSR count). The molecule has 0 aromatic heterocycles. The van der Waals surface area contributed by atoms with Crippen LogP contribution in [0.15, 0.2) is 52.1 Å². The molecule has 4 nitrogen and oxygen atoms in total. The van der Waals surface area contributed by atoms with Gasteiger partial charge in [0.1, 0.15) is 0 Å². The van der Waals surface area contributed by atoms with Gasteiger partial charge in [0, 0.05) is 22.1 Å². The second-order valence-corrected chi connectivity index (χ2v) is 6.63. The zero-order valence-corrected chi connectivity index (χ0v) is 14.6. The van der Waals surface area contributed by atoms with Crippen LogP contribution in [-0.2, 0) is 9.63 Å². The van der Waals surface area contributed by atoms with E-state index in [0.29, 0.717) is 6.42 Å². The second-order valence-electron chi connectivity index (χ2n) is 5.71. The lowest BCUT2D eigenvalue weighted by Crippen LogP contribution is -2.28. The molecule has 5 heteroatoms. The van der Waals surface area contributed by atoms with Crippen LogP contribution in [0.3, 0.4) is 0 Å². The quantitative estimate of drug-likeness (QED) is 0.877. The highest BCUT2D eigenvalue weighted by molar-refractivity contribution is 9.10. The topological polar surface area (TPSA) is 50.7 Å². The van der Waals surface area contributed by atoms with Crippen molar-refractivity contribution in [3.63, 3.8) is 0 Å². The molecule has 1 aliphatic heterocycles. The number of carbonyl (C=O) groups excluding carboxylic acids is 1. The molecule has 23 heavy (non-hydrogen) atoms. The van der Waals surface area contributed by atoms with Crippen molar-refractivity contribution in [2.24, 2.45) is 5.16 Å². The first-order valence-electron chi connectivity index (χ1n) is 7.39. The number of hydrogen-bond donors (Lipinski definition) is 1. The number of hydrogen-bond acceptors (Lipinski definition) is 3. The number of halogens is 1. The monoisotopic (exact) mass is 372 g/mol. The SMILES string of the molecule is Cc1cc(C)cc(NC(=O)C2CC(c3cccc(Br)c3)=NO2)c1. The molecule has 2 aromatic carbocycles. The molecule has 1 amide bonds. The van der Waals surface area contributed by atoms with Gasteiger partial charge in [-0.2, -0.15) is 0 Å². The molecule has 0 saturated heterocycles. The molecule has 0 fully saturated rings. The van der Waals surface area contributed by atoms with E-state index >= 15 is 0 Å². The van der Waals surface area contributed by atoms with Gasteiger partial charge in [0.2, 0.25) is 6.10 Å². The summed E-state index contributed by atoms with van der Waals surface area (Å²) in [5.74, 6) is -0.177. The van der Waals surface area contributed by atoms with Gasteiger partial charge in [-0.25, -0.2) is 0 Å². The molecular formula is C18H17BrN2O2. The minimum absolute atomic E-state index is 0.177. The van der Waals surface area contributed by atoms with Crippen molar-refractivity contribution in [3.8, 4) is 0 Å². The zero-order valence-electron chi connectivity index (χ0n) is 13.0. The Hall–Kier alpha value is -2.14. The summed E-state index contributed by atoms with van der Waals surface area (Å²) in [6.07, 6.45) is -0.127. The molecule has 1 aliphatic rings. The number of nitrogens with one attached hydrogen (secondary N) is 1. The van der Waals surface area contributed by atoms with Crippen LogP contribution < -0.4 is 5.32 Å². The predicted octanol–water partition coefficient (Wildman–Crippen LogP) is 4.20. The average molecular weight is 373 g/mol. The van der Waals surface area contributed by atoms with Crippen molar-refractivity contribution in [2.45, 2.75) is 26.4 Å². The maximum Gasteiger partial charge on any atom is 0.268 e. The smallest absolute Gasteiger partial charge is 0.268 e. The highest BCUT2D eigenvalue weighted by atomic mass is 79.9. The van der Waals surface area contributed by atoms with E-state index in [4.69, 9.17) is 4.84 Å². The highest BCUT2D eigenvalue weighted by Gasteiger charge is 2.29. The van der Waals surface area contributed by atoms with Crippen molar-refractivity contribution in [2.75, 3.05) is 5.32 Å². The number of oxime groups is 1. The van der Waals surface area contributed by atoms with E-state index in [2.05, 4.69) is 32.5 Å². The number of aryl methyl sites for hydroxylation is 2. The van der Waals surface area contributed by atoms with Crippen LogP contribution >= 0.6 is 15.9 Å². The van der Waals surface area contributed by atoms with Crippen molar-refractivity contribution in [1.82, 2.24) is 0 Å². The standard InChI is InChI=1S/C18H17BrN2O2/c1-11-6-12(2)8-15(7-11)20-18(22)17-10-16(21-23-17)13-4-3-5-14(19)9-13/h3-9,17H,10H2,1-2H3,(H,20,22). The van der Waals surface area contributed by atoms with E-state index < -0.39 is 6.10 Å². The maximum atomic E-state index is 12.4. The van der Waals surface area contributed by atoms with Gasteiger partial charge in [0.05, 0.1) is 5.71 Å². The lowest BCUT2D eigenvalue weighted by Gasteiger charge is -2.11. The number of nitrogens with zero attached hydrogens (tertiary/aromatic N) is 1. The van der Waals surface area contributed by atoms with Crippen LogP contribution in [0.4, 0.5) is 5.69 Å². The fourth-order valence-corrected chi connectivity index (χ4v) is 3.03. The summed E-state index contributed by atoms with van der Waals surface area (Å²) in [6.45, 7) is 4.01. The van der Waals surface area contributed by atoms with Gasteiger partial charge in [-0.05, 0) is 49.2 Å². The molecule has 0 radical (unpaired) electrons. The molecule has 2 aromatic rings. The molecule has 1 heterocycles. The molecular weight excluding hydrogens is 356 g/mol. The molecule has 0 bridgehead atoms. The van der Waals surface area contributed by atoms with Crippen LogP contribution in [0.25, 0.3) is 0 Å². The van der Waals surface area contributed by atoms with E-state index in [1.807, 2.05) is 50.2 Å². The Morgan fingerprint density at radius 3 is 2.65 bits per heavy atom. The summed E-state index contributed by atoms with van der Waals surface area (Å²) in [5, 5.41) is 6.96. The zero-order chi connectivity index (χ0) is 16.4. The summed E-state index contributed by atoms with van der Waals surface area (Å²) in [6, 6.07) is 13.8. The van der Waals surface area contributed by atoms with Crippen molar-refractivity contribution in [3.05, 3.63) is 63.6 Å².